The van der Waals surface area contributed by atoms with E-state index in [2.05, 4.69) is 5.32 Å². The predicted octanol–water partition coefficient (Wildman–Crippen LogP) is 0.922. The summed E-state index contributed by atoms with van der Waals surface area (Å²) in [5.74, 6) is -0.126. The van der Waals surface area contributed by atoms with Crippen LogP contribution >= 0.6 is 0 Å². The number of methoxy groups -OCH3 is 1. The number of carbonyl (C=O) groups excluding carboxylic acids is 1. The minimum Gasteiger partial charge on any atom is -0.383 e. The Morgan fingerprint density at radius 1 is 1.23 bits per heavy atom. The van der Waals surface area contributed by atoms with Crippen molar-refractivity contribution in [3.63, 3.8) is 0 Å². The van der Waals surface area contributed by atoms with Crippen LogP contribution in [-0.4, -0.2) is 76.0 Å². The molecule has 1 aromatic carbocycles. The van der Waals surface area contributed by atoms with Crippen molar-refractivity contribution < 1.29 is 17.9 Å². The third kappa shape index (κ3) is 4.09. The van der Waals surface area contributed by atoms with E-state index < -0.39 is 10.0 Å². The van der Waals surface area contributed by atoms with E-state index in [1.807, 2.05) is 0 Å². The zero-order chi connectivity index (χ0) is 18.6. The van der Waals surface area contributed by atoms with Crippen LogP contribution in [0.3, 0.4) is 0 Å². The van der Waals surface area contributed by atoms with Gasteiger partial charge >= 0.3 is 0 Å². The molecule has 0 radical (unpaired) electrons. The molecule has 0 saturated carbocycles. The first-order valence-corrected chi connectivity index (χ1v) is 10.6. The van der Waals surface area contributed by atoms with Crippen molar-refractivity contribution >= 4 is 15.9 Å². The summed E-state index contributed by atoms with van der Waals surface area (Å²) in [5, 5.41) is 3.21. The second-order valence-electron chi connectivity index (χ2n) is 6.79. The number of ether oxygens (including phenoxy) is 1. The van der Waals surface area contributed by atoms with Crippen molar-refractivity contribution in [2.45, 2.75) is 30.2 Å². The van der Waals surface area contributed by atoms with Gasteiger partial charge in [-0.2, -0.15) is 4.31 Å². The number of benzene rings is 1. The molecule has 3 rings (SSSR count). The SMILES string of the molecule is COC[C@@H]1CCCN1C(=O)c1cccc(S(=O)(=O)N2CCCNCC2)c1. The number of hydrogen-bond acceptors (Lipinski definition) is 5. The average molecular weight is 381 g/mol. The van der Waals surface area contributed by atoms with E-state index in [4.69, 9.17) is 4.74 Å². The molecule has 8 heteroatoms. The number of rotatable bonds is 5. The quantitative estimate of drug-likeness (QED) is 0.821. The van der Waals surface area contributed by atoms with Gasteiger partial charge in [0.05, 0.1) is 17.5 Å². The number of amides is 1. The van der Waals surface area contributed by atoms with Gasteiger partial charge in [-0.3, -0.25) is 4.79 Å². The summed E-state index contributed by atoms with van der Waals surface area (Å²) in [6, 6.07) is 6.48. The fraction of sp³-hybridized carbons (Fsp3) is 0.611. The third-order valence-corrected chi connectivity index (χ3v) is 6.91. The molecule has 0 bridgehead atoms. The van der Waals surface area contributed by atoms with E-state index in [0.717, 1.165) is 25.8 Å². The Morgan fingerprint density at radius 3 is 2.88 bits per heavy atom. The van der Waals surface area contributed by atoms with Crippen molar-refractivity contribution in [3.8, 4) is 0 Å². The fourth-order valence-electron chi connectivity index (χ4n) is 3.63. The molecular formula is C18H27N3O4S. The Bertz CT molecular complexity index is 730. The van der Waals surface area contributed by atoms with Crippen LogP contribution in [0.15, 0.2) is 29.2 Å². The monoisotopic (exact) mass is 381 g/mol. The van der Waals surface area contributed by atoms with Gasteiger partial charge in [0.15, 0.2) is 0 Å². The number of likely N-dealkylation sites (tertiary alicyclic amines) is 1. The molecule has 2 fully saturated rings. The highest BCUT2D eigenvalue weighted by molar-refractivity contribution is 7.89. The van der Waals surface area contributed by atoms with Crippen molar-refractivity contribution in [1.82, 2.24) is 14.5 Å². The van der Waals surface area contributed by atoms with E-state index in [1.54, 1.807) is 30.2 Å². The maximum absolute atomic E-state index is 13.0. The van der Waals surface area contributed by atoms with Crippen molar-refractivity contribution in [2.75, 3.05) is 46.4 Å². The number of nitrogens with zero attached hydrogens (tertiary/aromatic N) is 2. The maximum atomic E-state index is 13.0. The van der Waals surface area contributed by atoms with Gasteiger partial charge in [-0.25, -0.2) is 8.42 Å². The van der Waals surface area contributed by atoms with Crippen molar-refractivity contribution in [3.05, 3.63) is 29.8 Å². The van der Waals surface area contributed by atoms with Crippen LogP contribution in [0.4, 0.5) is 0 Å². The largest absolute Gasteiger partial charge is 0.383 e. The summed E-state index contributed by atoms with van der Waals surface area (Å²) < 4.78 is 32.6. The van der Waals surface area contributed by atoms with Crippen LogP contribution < -0.4 is 5.32 Å². The normalized spacial score (nSPS) is 22.3. The zero-order valence-electron chi connectivity index (χ0n) is 15.2. The summed E-state index contributed by atoms with van der Waals surface area (Å²) >= 11 is 0. The standard InChI is InChI=1S/C18H27N3O4S/c1-25-14-16-6-3-11-21(16)18(22)15-5-2-7-17(13-15)26(23,24)20-10-4-8-19-9-12-20/h2,5,7,13,16,19H,3-4,6,8-12,14H2,1H3/t16-/m0/s1. The molecule has 2 aliphatic rings. The highest BCUT2D eigenvalue weighted by Crippen LogP contribution is 2.23. The predicted molar refractivity (Wildman–Crippen MR) is 98.6 cm³/mol. The molecule has 7 nitrogen and oxygen atoms in total. The third-order valence-electron chi connectivity index (χ3n) is 5.01. The van der Waals surface area contributed by atoms with E-state index in [9.17, 15) is 13.2 Å². The first-order valence-electron chi connectivity index (χ1n) is 9.15. The van der Waals surface area contributed by atoms with Crippen molar-refractivity contribution in [1.29, 1.82) is 0 Å². The average Bonchev–Trinajstić information content (AvgIpc) is 2.92. The van der Waals surface area contributed by atoms with Gasteiger partial charge < -0.3 is 15.0 Å². The summed E-state index contributed by atoms with van der Waals surface area (Å²) in [7, 11) is -1.96. The van der Waals surface area contributed by atoms with Gasteiger partial charge in [0.25, 0.3) is 5.91 Å². The number of carbonyl (C=O) groups is 1. The summed E-state index contributed by atoms with van der Waals surface area (Å²) in [6.45, 7) is 3.59. The Labute approximate surface area is 155 Å². The molecule has 2 aliphatic heterocycles. The van der Waals surface area contributed by atoms with Crippen LogP contribution in [0.25, 0.3) is 0 Å². The minimum absolute atomic E-state index is 0.0597. The summed E-state index contributed by atoms with van der Waals surface area (Å²) in [4.78, 5) is 14.9. The molecule has 1 amide bonds. The van der Waals surface area contributed by atoms with Gasteiger partial charge in [-0.05, 0) is 44.0 Å². The van der Waals surface area contributed by atoms with Gasteiger partial charge in [0.1, 0.15) is 0 Å². The molecule has 1 aromatic rings. The van der Waals surface area contributed by atoms with Gasteiger partial charge in [-0.1, -0.05) is 6.07 Å². The lowest BCUT2D eigenvalue weighted by atomic mass is 10.2. The lowest BCUT2D eigenvalue weighted by Crippen LogP contribution is -2.38. The van der Waals surface area contributed by atoms with Gasteiger partial charge in [0, 0.05) is 38.9 Å². The number of sulfonamides is 1. The molecule has 2 saturated heterocycles. The Hall–Kier alpha value is -1.48. The first kappa shape index (κ1) is 19.3. The van der Waals surface area contributed by atoms with Crippen LogP contribution in [0.1, 0.15) is 29.6 Å². The smallest absolute Gasteiger partial charge is 0.254 e. The lowest BCUT2D eigenvalue weighted by molar-refractivity contribution is 0.0630. The summed E-state index contributed by atoms with van der Waals surface area (Å²) in [6.07, 6.45) is 2.64. The molecule has 1 N–H and O–H groups in total. The fourth-order valence-corrected chi connectivity index (χ4v) is 5.16. The van der Waals surface area contributed by atoms with E-state index in [0.29, 0.717) is 38.3 Å². The Balaban J connectivity index is 1.82. The lowest BCUT2D eigenvalue weighted by Gasteiger charge is -2.25. The molecule has 0 spiro atoms. The second-order valence-corrected chi connectivity index (χ2v) is 8.72. The molecule has 26 heavy (non-hydrogen) atoms. The maximum Gasteiger partial charge on any atom is 0.254 e. The van der Waals surface area contributed by atoms with Gasteiger partial charge in [-0.15, -0.1) is 0 Å². The van der Waals surface area contributed by atoms with E-state index in [-0.39, 0.29) is 16.8 Å². The molecule has 144 valence electrons. The highest BCUT2D eigenvalue weighted by Gasteiger charge is 2.31. The molecule has 0 unspecified atom stereocenters. The highest BCUT2D eigenvalue weighted by atomic mass is 32.2. The topological polar surface area (TPSA) is 79.0 Å². The number of nitrogens with one attached hydrogen (secondary N) is 1. The first-order chi connectivity index (χ1) is 12.5. The molecule has 0 aliphatic carbocycles. The molecular weight excluding hydrogens is 354 g/mol. The van der Waals surface area contributed by atoms with Crippen molar-refractivity contribution in [2.24, 2.45) is 0 Å². The van der Waals surface area contributed by atoms with E-state index >= 15 is 0 Å². The van der Waals surface area contributed by atoms with Crippen LogP contribution in [0, 0.1) is 0 Å². The van der Waals surface area contributed by atoms with Crippen LogP contribution in [0.5, 0.6) is 0 Å². The molecule has 0 aromatic heterocycles. The molecule has 2 heterocycles. The minimum atomic E-state index is -3.59. The Kier molecular flexibility index (Phi) is 6.29. The number of hydrogen-bond donors (Lipinski definition) is 1. The second kappa shape index (κ2) is 8.47. The van der Waals surface area contributed by atoms with Gasteiger partial charge in [0.2, 0.25) is 10.0 Å². The van der Waals surface area contributed by atoms with Crippen LogP contribution in [-0.2, 0) is 14.8 Å². The van der Waals surface area contributed by atoms with E-state index in [1.165, 1.54) is 10.4 Å². The Morgan fingerprint density at radius 2 is 2.08 bits per heavy atom. The summed E-state index contributed by atoms with van der Waals surface area (Å²) in [5.41, 5.74) is 0.419. The molecule has 1 atom stereocenters. The zero-order valence-corrected chi connectivity index (χ0v) is 16.0. The van der Waals surface area contributed by atoms with Crippen LogP contribution in [0.2, 0.25) is 0 Å².